The molecule has 0 spiro atoms. The van der Waals surface area contributed by atoms with Gasteiger partial charge >= 0.3 is 0 Å². The van der Waals surface area contributed by atoms with Crippen molar-refractivity contribution in [1.29, 1.82) is 0 Å². The zero-order valence-electron chi connectivity index (χ0n) is 17.1. The zero-order chi connectivity index (χ0) is 21.1. The molecular formula is C22H23N7O. The molecule has 8 nitrogen and oxygen atoms in total. The average molecular weight is 401 g/mol. The number of carbonyl (C=O) groups excluding carboxylic acids is 1. The van der Waals surface area contributed by atoms with E-state index in [2.05, 4.69) is 31.0 Å². The van der Waals surface area contributed by atoms with Crippen molar-refractivity contribution in [1.82, 2.24) is 30.4 Å². The van der Waals surface area contributed by atoms with Crippen LogP contribution in [0.1, 0.15) is 27.2 Å². The average Bonchev–Trinajstić information content (AvgIpc) is 3.41. The molecule has 0 unspecified atom stereocenters. The van der Waals surface area contributed by atoms with E-state index in [-0.39, 0.29) is 11.3 Å². The van der Waals surface area contributed by atoms with Gasteiger partial charge in [0.2, 0.25) is 5.91 Å². The van der Waals surface area contributed by atoms with E-state index < -0.39 is 0 Å². The fourth-order valence-electron chi connectivity index (χ4n) is 3.31. The molecule has 2 N–H and O–H groups in total. The number of anilines is 1. The van der Waals surface area contributed by atoms with Gasteiger partial charge in [-0.3, -0.25) is 4.79 Å². The third-order valence-electron chi connectivity index (χ3n) is 4.55. The van der Waals surface area contributed by atoms with Gasteiger partial charge in [0.15, 0.2) is 5.82 Å². The molecule has 1 amide bonds. The van der Waals surface area contributed by atoms with Crippen LogP contribution in [0.3, 0.4) is 0 Å². The van der Waals surface area contributed by atoms with E-state index in [0.717, 1.165) is 22.4 Å². The van der Waals surface area contributed by atoms with Crippen LogP contribution in [0.5, 0.6) is 0 Å². The molecule has 0 saturated carbocycles. The number of rotatable bonds is 5. The highest BCUT2D eigenvalue weighted by molar-refractivity contribution is 5.95. The quantitative estimate of drug-likeness (QED) is 0.524. The van der Waals surface area contributed by atoms with Gasteiger partial charge in [-0.1, -0.05) is 51.1 Å². The van der Waals surface area contributed by atoms with Crippen molar-refractivity contribution in [2.45, 2.75) is 27.2 Å². The largest absolute Gasteiger partial charge is 0.324 e. The first kappa shape index (κ1) is 19.5. The molecule has 2 aromatic carbocycles. The predicted molar refractivity (Wildman–Crippen MR) is 115 cm³/mol. The Morgan fingerprint density at radius 2 is 1.90 bits per heavy atom. The smallest absolute Gasteiger partial charge is 0.224 e. The highest BCUT2D eigenvalue weighted by Crippen LogP contribution is 2.33. The SMILES string of the molecule is CC(C)(C)CC(=O)Nc1cc(-c2ccccc2-c2nnn[nH]2)ccc1-n1cccn1. The molecule has 4 aromatic rings. The standard InChI is InChI=1S/C22H23N7O/c1-22(2,3)14-20(30)24-18-13-15(9-10-19(18)29-12-6-11-23-29)16-7-4-5-8-17(16)21-25-27-28-26-21/h4-13H,14H2,1-3H3,(H,24,30)(H,25,26,27,28). The maximum atomic E-state index is 12.7. The summed E-state index contributed by atoms with van der Waals surface area (Å²) in [7, 11) is 0. The number of tetrazole rings is 1. The van der Waals surface area contributed by atoms with Crippen molar-refractivity contribution in [3.05, 3.63) is 60.9 Å². The van der Waals surface area contributed by atoms with Crippen LogP contribution in [0, 0.1) is 5.41 Å². The van der Waals surface area contributed by atoms with Gasteiger partial charge in [-0.15, -0.1) is 5.10 Å². The molecule has 0 aliphatic rings. The van der Waals surface area contributed by atoms with Crippen LogP contribution < -0.4 is 5.32 Å². The summed E-state index contributed by atoms with van der Waals surface area (Å²) in [6, 6.07) is 15.6. The molecule has 2 aromatic heterocycles. The van der Waals surface area contributed by atoms with Crippen LogP contribution >= 0.6 is 0 Å². The van der Waals surface area contributed by atoms with Gasteiger partial charge < -0.3 is 5.32 Å². The molecule has 30 heavy (non-hydrogen) atoms. The van der Waals surface area contributed by atoms with Gasteiger partial charge in [0.05, 0.1) is 11.4 Å². The molecule has 8 heteroatoms. The summed E-state index contributed by atoms with van der Waals surface area (Å²) < 4.78 is 1.74. The molecule has 0 aliphatic carbocycles. The highest BCUT2D eigenvalue weighted by atomic mass is 16.1. The normalized spacial score (nSPS) is 11.4. The van der Waals surface area contributed by atoms with Gasteiger partial charge in [-0.25, -0.2) is 9.78 Å². The monoisotopic (exact) mass is 401 g/mol. The summed E-state index contributed by atoms with van der Waals surface area (Å²) in [4.78, 5) is 12.7. The van der Waals surface area contributed by atoms with E-state index in [4.69, 9.17) is 0 Å². The minimum absolute atomic E-state index is 0.0409. The molecule has 152 valence electrons. The minimum Gasteiger partial charge on any atom is -0.324 e. The Kier molecular flexibility index (Phi) is 5.14. The lowest BCUT2D eigenvalue weighted by molar-refractivity contribution is -0.117. The van der Waals surface area contributed by atoms with Crippen LogP contribution in [-0.4, -0.2) is 36.3 Å². The summed E-state index contributed by atoms with van der Waals surface area (Å²) in [5.74, 6) is 0.542. The lowest BCUT2D eigenvalue weighted by atomic mass is 9.92. The Morgan fingerprint density at radius 3 is 2.57 bits per heavy atom. The van der Waals surface area contributed by atoms with Gasteiger partial charge in [0, 0.05) is 24.4 Å². The summed E-state index contributed by atoms with van der Waals surface area (Å²) in [5.41, 5.74) is 4.14. The van der Waals surface area contributed by atoms with Gasteiger partial charge in [0.1, 0.15) is 0 Å². The number of H-pyrrole nitrogens is 1. The van der Waals surface area contributed by atoms with Crippen molar-refractivity contribution in [2.75, 3.05) is 5.32 Å². The number of hydrogen-bond donors (Lipinski definition) is 2. The van der Waals surface area contributed by atoms with Crippen molar-refractivity contribution in [2.24, 2.45) is 5.41 Å². The first-order chi connectivity index (χ1) is 14.4. The second-order valence-electron chi connectivity index (χ2n) is 8.26. The highest BCUT2D eigenvalue weighted by Gasteiger charge is 2.18. The Morgan fingerprint density at radius 1 is 1.10 bits per heavy atom. The van der Waals surface area contributed by atoms with Crippen LogP contribution in [0.15, 0.2) is 60.9 Å². The van der Waals surface area contributed by atoms with Gasteiger partial charge in [-0.05, 0) is 45.2 Å². The van der Waals surface area contributed by atoms with Crippen LogP contribution in [-0.2, 0) is 4.79 Å². The van der Waals surface area contributed by atoms with E-state index in [0.29, 0.717) is 17.9 Å². The minimum atomic E-state index is -0.112. The van der Waals surface area contributed by atoms with Crippen LogP contribution in [0.4, 0.5) is 5.69 Å². The summed E-state index contributed by atoms with van der Waals surface area (Å²) >= 11 is 0. The number of hydrogen-bond acceptors (Lipinski definition) is 5. The van der Waals surface area contributed by atoms with E-state index in [9.17, 15) is 4.79 Å². The fourth-order valence-corrected chi connectivity index (χ4v) is 3.31. The van der Waals surface area contributed by atoms with Crippen molar-refractivity contribution in [3.8, 4) is 28.2 Å². The maximum absolute atomic E-state index is 12.7. The van der Waals surface area contributed by atoms with Crippen molar-refractivity contribution >= 4 is 11.6 Å². The maximum Gasteiger partial charge on any atom is 0.224 e. The molecule has 0 atom stereocenters. The molecular weight excluding hydrogens is 378 g/mol. The summed E-state index contributed by atoms with van der Waals surface area (Å²) in [5, 5.41) is 21.6. The zero-order valence-corrected chi connectivity index (χ0v) is 17.1. The van der Waals surface area contributed by atoms with Gasteiger partial charge in [0.25, 0.3) is 0 Å². The van der Waals surface area contributed by atoms with E-state index >= 15 is 0 Å². The number of aromatic nitrogens is 6. The third-order valence-corrected chi connectivity index (χ3v) is 4.55. The lowest BCUT2D eigenvalue weighted by Crippen LogP contribution is -2.20. The van der Waals surface area contributed by atoms with E-state index in [1.54, 1.807) is 10.9 Å². The Hall–Kier alpha value is -3.81. The third kappa shape index (κ3) is 4.27. The molecule has 0 saturated heterocycles. The topological polar surface area (TPSA) is 101 Å². The predicted octanol–water partition coefficient (Wildman–Crippen LogP) is 4.09. The summed E-state index contributed by atoms with van der Waals surface area (Å²) in [6.45, 7) is 6.12. The second kappa shape index (κ2) is 7.90. The van der Waals surface area contributed by atoms with E-state index in [1.807, 2.05) is 75.5 Å². The van der Waals surface area contributed by atoms with Crippen LogP contribution in [0.25, 0.3) is 28.2 Å². The number of benzene rings is 2. The molecule has 0 aliphatic heterocycles. The molecule has 0 radical (unpaired) electrons. The molecule has 0 fully saturated rings. The molecule has 4 rings (SSSR count). The number of aromatic amines is 1. The van der Waals surface area contributed by atoms with Crippen LogP contribution in [0.2, 0.25) is 0 Å². The van der Waals surface area contributed by atoms with Crippen molar-refractivity contribution < 1.29 is 4.79 Å². The Bertz CT molecular complexity index is 1140. The first-order valence-corrected chi connectivity index (χ1v) is 9.68. The fraction of sp³-hybridized carbons (Fsp3) is 0.227. The van der Waals surface area contributed by atoms with Gasteiger partial charge in [-0.2, -0.15) is 5.10 Å². The first-order valence-electron chi connectivity index (χ1n) is 9.68. The van der Waals surface area contributed by atoms with Crippen molar-refractivity contribution in [3.63, 3.8) is 0 Å². The number of amides is 1. The lowest BCUT2D eigenvalue weighted by Gasteiger charge is -2.19. The Labute approximate surface area is 174 Å². The van der Waals surface area contributed by atoms with E-state index in [1.165, 1.54) is 0 Å². The second-order valence-corrected chi connectivity index (χ2v) is 8.26. The number of nitrogens with one attached hydrogen (secondary N) is 2. The number of nitrogens with zero attached hydrogens (tertiary/aromatic N) is 5. The molecule has 2 heterocycles. The Balaban J connectivity index is 1.78. The summed E-state index contributed by atoms with van der Waals surface area (Å²) in [6.07, 6.45) is 3.97. The molecule has 0 bridgehead atoms. The number of carbonyl (C=O) groups is 1.